The molecule has 0 radical (unpaired) electrons. The van der Waals surface area contributed by atoms with Crippen LogP contribution < -0.4 is 0 Å². The van der Waals surface area contributed by atoms with Gasteiger partial charge in [0.1, 0.15) is 13.2 Å². The van der Waals surface area contributed by atoms with Crippen LogP contribution in [0.4, 0.5) is 17.6 Å². The fraction of sp³-hybridized carbons (Fsp3) is 0.538. The Bertz CT molecular complexity index is 435. The number of rotatable bonds is 8. The van der Waals surface area contributed by atoms with Crippen LogP contribution in [-0.2, 0) is 22.4 Å². The minimum atomic E-state index is -4.23. The smallest absolute Gasteiger partial charge is 0.330 e. The number of ketones is 1. The van der Waals surface area contributed by atoms with Gasteiger partial charge in [0, 0.05) is 11.9 Å². The predicted molar refractivity (Wildman–Crippen MR) is 64.1 cm³/mol. The predicted octanol–water partition coefficient (Wildman–Crippen LogP) is 2.67. The van der Waals surface area contributed by atoms with E-state index in [0.717, 1.165) is 12.0 Å². The molecule has 1 aromatic rings. The van der Waals surface area contributed by atoms with Gasteiger partial charge in [0.2, 0.25) is 0 Å². The van der Waals surface area contributed by atoms with E-state index in [-0.39, 0.29) is 6.42 Å². The second-order valence-corrected chi connectivity index (χ2v) is 4.28. The van der Waals surface area contributed by atoms with Gasteiger partial charge in [-0.2, -0.15) is 8.78 Å². The SMILES string of the molecule is CCc1ccc(CC(=O)COCC(F)(F)C(F)F)nc1. The standard InChI is InChI=1S/C13H15F4NO2/c1-2-9-3-4-10(18-6-9)5-11(19)7-20-8-13(16,17)12(14)15/h3-4,6,12H,2,5,7-8H2,1H3. The molecule has 1 rings (SSSR count). The van der Waals surface area contributed by atoms with E-state index < -0.39 is 31.3 Å². The molecular weight excluding hydrogens is 278 g/mol. The molecule has 0 bridgehead atoms. The van der Waals surface area contributed by atoms with Crippen LogP contribution in [0.3, 0.4) is 0 Å². The van der Waals surface area contributed by atoms with Gasteiger partial charge in [0.15, 0.2) is 5.78 Å². The first-order valence-corrected chi connectivity index (χ1v) is 6.04. The van der Waals surface area contributed by atoms with Gasteiger partial charge in [0.05, 0.1) is 6.42 Å². The normalized spacial score (nSPS) is 11.9. The van der Waals surface area contributed by atoms with Crippen LogP contribution in [0.2, 0.25) is 0 Å². The summed E-state index contributed by atoms with van der Waals surface area (Å²) in [6, 6.07) is 3.46. The van der Waals surface area contributed by atoms with Crippen molar-refractivity contribution in [2.24, 2.45) is 0 Å². The number of Topliss-reactive ketones (excluding diaryl/α,β-unsaturated/α-hetero) is 1. The monoisotopic (exact) mass is 293 g/mol. The topological polar surface area (TPSA) is 39.2 Å². The van der Waals surface area contributed by atoms with Crippen molar-refractivity contribution < 1.29 is 27.1 Å². The molecule has 0 aromatic carbocycles. The fourth-order valence-electron chi connectivity index (χ4n) is 1.39. The maximum Gasteiger partial charge on any atom is 0.330 e. The first-order chi connectivity index (χ1) is 9.35. The number of carbonyl (C=O) groups excluding carboxylic acids is 1. The number of hydrogen-bond donors (Lipinski definition) is 0. The van der Waals surface area contributed by atoms with Gasteiger partial charge in [-0.1, -0.05) is 13.0 Å². The van der Waals surface area contributed by atoms with E-state index in [0.29, 0.717) is 5.69 Å². The van der Waals surface area contributed by atoms with Crippen molar-refractivity contribution in [1.82, 2.24) is 4.98 Å². The number of hydrogen-bond acceptors (Lipinski definition) is 3. The van der Waals surface area contributed by atoms with Crippen LogP contribution in [0.1, 0.15) is 18.2 Å². The number of nitrogens with zero attached hydrogens (tertiary/aromatic N) is 1. The molecule has 112 valence electrons. The zero-order valence-electron chi connectivity index (χ0n) is 10.9. The molecule has 0 unspecified atom stereocenters. The van der Waals surface area contributed by atoms with Crippen LogP contribution in [0.5, 0.6) is 0 Å². The van der Waals surface area contributed by atoms with Gasteiger partial charge in [-0.15, -0.1) is 0 Å². The second kappa shape index (κ2) is 7.33. The van der Waals surface area contributed by atoms with Crippen molar-refractivity contribution in [2.45, 2.75) is 32.1 Å². The molecule has 0 amide bonds. The zero-order valence-corrected chi connectivity index (χ0v) is 10.9. The molecule has 0 aliphatic rings. The highest BCUT2D eigenvalue weighted by Gasteiger charge is 2.41. The van der Waals surface area contributed by atoms with Crippen molar-refractivity contribution in [3.05, 3.63) is 29.6 Å². The van der Waals surface area contributed by atoms with Crippen LogP contribution >= 0.6 is 0 Å². The number of aromatic nitrogens is 1. The zero-order chi connectivity index (χ0) is 15.2. The molecule has 0 aliphatic carbocycles. The maximum atomic E-state index is 12.5. The lowest BCUT2D eigenvalue weighted by molar-refractivity contribution is -0.168. The van der Waals surface area contributed by atoms with Crippen molar-refractivity contribution >= 4 is 5.78 Å². The molecule has 0 saturated carbocycles. The Labute approximate surface area is 114 Å². The van der Waals surface area contributed by atoms with E-state index in [1.807, 2.05) is 6.92 Å². The van der Waals surface area contributed by atoms with E-state index in [2.05, 4.69) is 9.72 Å². The fourth-order valence-corrected chi connectivity index (χ4v) is 1.39. The molecule has 0 fully saturated rings. The number of pyridine rings is 1. The molecule has 7 heteroatoms. The Balaban J connectivity index is 2.36. The summed E-state index contributed by atoms with van der Waals surface area (Å²) in [6.45, 7) is -0.156. The van der Waals surface area contributed by atoms with E-state index in [1.54, 1.807) is 18.3 Å². The largest absolute Gasteiger partial charge is 0.367 e. The Kier molecular flexibility index (Phi) is 6.06. The Morgan fingerprint density at radius 2 is 2.10 bits per heavy atom. The Morgan fingerprint density at radius 3 is 2.60 bits per heavy atom. The number of ether oxygens (including phenoxy) is 1. The van der Waals surface area contributed by atoms with Crippen molar-refractivity contribution in [2.75, 3.05) is 13.2 Å². The number of aryl methyl sites for hydroxylation is 1. The number of carbonyl (C=O) groups is 1. The molecule has 1 aromatic heterocycles. The third-order valence-corrected chi connectivity index (χ3v) is 2.55. The number of halogens is 4. The van der Waals surface area contributed by atoms with Crippen LogP contribution in [-0.4, -0.2) is 36.3 Å². The number of alkyl halides is 4. The molecule has 0 aliphatic heterocycles. The molecule has 20 heavy (non-hydrogen) atoms. The first kappa shape index (κ1) is 16.6. The lowest BCUT2D eigenvalue weighted by atomic mass is 10.1. The maximum absolute atomic E-state index is 12.5. The second-order valence-electron chi connectivity index (χ2n) is 4.28. The highest BCUT2D eigenvalue weighted by Crippen LogP contribution is 2.22. The molecule has 0 N–H and O–H groups in total. The van der Waals surface area contributed by atoms with E-state index >= 15 is 0 Å². The van der Waals surface area contributed by atoms with Crippen LogP contribution in [0, 0.1) is 0 Å². The molecular formula is C13H15F4NO2. The van der Waals surface area contributed by atoms with E-state index in [9.17, 15) is 22.4 Å². The van der Waals surface area contributed by atoms with Crippen LogP contribution in [0.15, 0.2) is 18.3 Å². The summed E-state index contributed by atoms with van der Waals surface area (Å²) in [7, 11) is 0. The van der Waals surface area contributed by atoms with Gasteiger partial charge in [0.25, 0.3) is 0 Å². The molecule has 3 nitrogen and oxygen atoms in total. The van der Waals surface area contributed by atoms with Gasteiger partial charge in [-0.3, -0.25) is 9.78 Å². The third-order valence-electron chi connectivity index (χ3n) is 2.55. The molecule has 1 heterocycles. The third kappa shape index (κ3) is 5.24. The highest BCUT2D eigenvalue weighted by atomic mass is 19.3. The van der Waals surface area contributed by atoms with Gasteiger partial charge in [-0.25, -0.2) is 8.78 Å². The Hall–Kier alpha value is -1.50. The minimum Gasteiger partial charge on any atom is -0.367 e. The lowest BCUT2D eigenvalue weighted by Crippen LogP contribution is -2.33. The van der Waals surface area contributed by atoms with Gasteiger partial charge < -0.3 is 4.74 Å². The van der Waals surface area contributed by atoms with Gasteiger partial charge in [-0.05, 0) is 18.1 Å². The summed E-state index contributed by atoms with van der Waals surface area (Å²) in [5.41, 5.74) is 1.49. The molecule has 0 spiro atoms. The summed E-state index contributed by atoms with van der Waals surface area (Å²) >= 11 is 0. The average molecular weight is 293 g/mol. The van der Waals surface area contributed by atoms with Crippen molar-refractivity contribution in [3.63, 3.8) is 0 Å². The van der Waals surface area contributed by atoms with Crippen molar-refractivity contribution in [3.8, 4) is 0 Å². The highest BCUT2D eigenvalue weighted by molar-refractivity contribution is 5.81. The average Bonchev–Trinajstić information content (AvgIpc) is 2.39. The summed E-state index contributed by atoms with van der Waals surface area (Å²) in [6.07, 6.45) is -1.45. The van der Waals surface area contributed by atoms with Crippen LogP contribution in [0.25, 0.3) is 0 Å². The van der Waals surface area contributed by atoms with Crippen molar-refractivity contribution in [1.29, 1.82) is 0 Å². The Morgan fingerprint density at radius 1 is 1.40 bits per heavy atom. The molecule has 0 saturated heterocycles. The summed E-state index contributed by atoms with van der Waals surface area (Å²) in [5.74, 6) is -4.73. The van der Waals surface area contributed by atoms with Gasteiger partial charge >= 0.3 is 12.3 Å². The first-order valence-electron chi connectivity index (χ1n) is 6.04. The molecule has 0 atom stereocenters. The lowest BCUT2D eigenvalue weighted by Gasteiger charge is -2.14. The quantitative estimate of drug-likeness (QED) is 0.692. The summed E-state index contributed by atoms with van der Waals surface area (Å²) in [4.78, 5) is 15.5. The minimum absolute atomic E-state index is 0.0791. The summed E-state index contributed by atoms with van der Waals surface area (Å²) < 4.78 is 53.0. The van der Waals surface area contributed by atoms with E-state index in [1.165, 1.54) is 0 Å². The summed E-state index contributed by atoms with van der Waals surface area (Å²) in [5, 5.41) is 0. The van der Waals surface area contributed by atoms with E-state index in [4.69, 9.17) is 0 Å².